The molecule has 6 nitrogen and oxygen atoms in total. The summed E-state index contributed by atoms with van der Waals surface area (Å²) in [4.78, 5) is 14.4. The van der Waals surface area contributed by atoms with E-state index in [1.165, 1.54) is 0 Å². The number of amides is 1. The smallest absolute Gasteiger partial charge is 0.251 e. The highest BCUT2D eigenvalue weighted by Gasteiger charge is 2.13. The van der Waals surface area contributed by atoms with Gasteiger partial charge in [0.2, 0.25) is 10.0 Å². The van der Waals surface area contributed by atoms with Crippen molar-refractivity contribution in [1.82, 2.24) is 5.32 Å². The van der Waals surface area contributed by atoms with Crippen LogP contribution in [0.25, 0.3) is 0 Å². The summed E-state index contributed by atoms with van der Waals surface area (Å²) in [6, 6.07) is 12.9. The summed E-state index contributed by atoms with van der Waals surface area (Å²) >= 11 is 0. The number of anilines is 2. The number of nitrogens with one attached hydrogen (secondary N) is 2. The van der Waals surface area contributed by atoms with Crippen molar-refractivity contribution in [2.24, 2.45) is 0 Å². The molecule has 0 bridgehead atoms. The molecule has 0 unspecified atom stereocenters. The zero-order valence-electron chi connectivity index (χ0n) is 14.8. The molecule has 7 heteroatoms. The quantitative estimate of drug-likeness (QED) is 0.828. The first-order chi connectivity index (χ1) is 11.7. The summed E-state index contributed by atoms with van der Waals surface area (Å²) in [7, 11) is 0.544. The average Bonchev–Trinajstić information content (AvgIpc) is 2.53. The van der Waals surface area contributed by atoms with Gasteiger partial charge in [-0.3, -0.25) is 9.52 Å². The van der Waals surface area contributed by atoms with Gasteiger partial charge in [-0.25, -0.2) is 8.42 Å². The zero-order chi connectivity index (χ0) is 18.6. The highest BCUT2D eigenvalue weighted by molar-refractivity contribution is 7.92. The minimum absolute atomic E-state index is 0.244. The lowest BCUT2D eigenvalue weighted by Gasteiger charge is -2.14. The van der Waals surface area contributed by atoms with E-state index in [-0.39, 0.29) is 5.91 Å². The Bertz CT molecular complexity index is 860. The summed E-state index contributed by atoms with van der Waals surface area (Å²) in [5.41, 5.74) is 3.52. The van der Waals surface area contributed by atoms with Gasteiger partial charge in [0.05, 0.1) is 11.9 Å². The molecule has 0 radical (unpaired) electrons. The number of rotatable bonds is 6. The van der Waals surface area contributed by atoms with Crippen molar-refractivity contribution in [2.45, 2.75) is 13.5 Å². The number of nitrogens with zero attached hydrogens (tertiary/aromatic N) is 1. The van der Waals surface area contributed by atoms with Gasteiger partial charge in [-0.15, -0.1) is 0 Å². The first-order valence-corrected chi connectivity index (χ1v) is 9.68. The van der Waals surface area contributed by atoms with Crippen LogP contribution in [-0.2, 0) is 16.6 Å². The molecule has 1 amide bonds. The molecule has 0 saturated heterocycles. The summed E-state index contributed by atoms with van der Waals surface area (Å²) < 4.78 is 25.2. The number of hydrogen-bond acceptors (Lipinski definition) is 4. The Morgan fingerprint density at radius 1 is 1.08 bits per heavy atom. The fourth-order valence-electron chi connectivity index (χ4n) is 2.38. The van der Waals surface area contributed by atoms with Gasteiger partial charge in [-0.05, 0) is 42.3 Å². The fourth-order valence-corrected chi connectivity index (χ4v) is 3.00. The van der Waals surface area contributed by atoms with Crippen molar-refractivity contribution >= 4 is 27.3 Å². The van der Waals surface area contributed by atoms with Gasteiger partial charge >= 0.3 is 0 Å². The Balaban J connectivity index is 2.09. The molecule has 0 spiro atoms. The molecule has 0 aliphatic heterocycles. The lowest BCUT2D eigenvalue weighted by Crippen LogP contribution is -2.24. The van der Waals surface area contributed by atoms with Crippen LogP contribution in [0.3, 0.4) is 0 Å². The van der Waals surface area contributed by atoms with E-state index in [9.17, 15) is 13.2 Å². The Labute approximate surface area is 148 Å². The van der Waals surface area contributed by atoms with Crippen LogP contribution < -0.4 is 14.9 Å². The second-order valence-electron chi connectivity index (χ2n) is 6.10. The van der Waals surface area contributed by atoms with Gasteiger partial charge in [0.25, 0.3) is 5.91 Å². The van der Waals surface area contributed by atoms with E-state index in [4.69, 9.17) is 0 Å². The van der Waals surface area contributed by atoms with Crippen LogP contribution in [0.4, 0.5) is 11.4 Å². The molecular formula is C18H23N3O3S. The van der Waals surface area contributed by atoms with Gasteiger partial charge in [-0.2, -0.15) is 0 Å². The Hall–Kier alpha value is -2.54. The van der Waals surface area contributed by atoms with Crippen LogP contribution in [0.1, 0.15) is 21.5 Å². The maximum atomic E-state index is 12.4. The standard InChI is InChI=1S/C18H23N3O3S/c1-13-16(6-5-7-17(13)20-25(4,23)24)18(22)19-12-14-8-10-15(11-9-14)21(2)3/h5-11,20H,12H2,1-4H3,(H,19,22). The van der Waals surface area contributed by atoms with Gasteiger partial charge in [0.15, 0.2) is 0 Å². The van der Waals surface area contributed by atoms with Crippen molar-refractivity contribution in [3.63, 3.8) is 0 Å². The monoisotopic (exact) mass is 361 g/mol. The Kier molecular flexibility index (Phi) is 5.69. The molecule has 25 heavy (non-hydrogen) atoms. The molecule has 0 atom stereocenters. The van der Waals surface area contributed by atoms with Gasteiger partial charge in [0.1, 0.15) is 0 Å². The lowest BCUT2D eigenvalue weighted by atomic mass is 10.1. The summed E-state index contributed by atoms with van der Waals surface area (Å²) in [5, 5.41) is 2.87. The third-order valence-corrected chi connectivity index (χ3v) is 4.37. The molecular weight excluding hydrogens is 338 g/mol. The molecule has 0 heterocycles. The van der Waals surface area contributed by atoms with Gasteiger partial charge < -0.3 is 10.2 Å². The van der Waals surface area contributed by atoms with Crippen LogP contribution in [0.2, 0.25) is 0 Å². The van der Waals surface area contributed by atoms with Crippen LogP contribution >= 0.6 is 0 Å². The van der Waals surface area contributed by atoms with Crippen molar-refractivity contribution in [3.05, 3.63) is 59.2 Å². The molecule has 134 valence electrons. The third-order valence-electron chi connectivity index (χ3n) is 3.78. The third kappa shape index (κ3) is 5.22. The first kappa shape index (κ1) is 18.8. The van der Waals surface area contributed by atoms with E-state index in [1.54, 1.807) is 25.1 Å². The van der Waals surface area contributed by atoms with Crippen LogP contribution in [0.15, 0.2) is 42.5 Å². The number of carbonyl (C=O) groups excluding carboxylic acids is 1. The minimum atomic E-state index is -3.39. The molecule has 0 saturated carbocycles. The number of benzene rings is 2. The van der Waals surface area contributed by atoms with E-state index in [0.717, 1.165) is 17.5 Å². The minimum Gasteiger partial charge on any atom is -0.378 e. The molecule has 2 rings (SSSR count). The Morgan fingerprint density at radius 3 is 2.28 bits per heavy atom. The predicted molar refractivity (Wildman–Crippen MR) is 102 cm³/mol. The van der Waals surface area contributed by atoms with E-state index >= 15 is 0 Å². The van der Waals surface area contributed by atoms with E-state index < -0.39 is 10.0 Å². The highest BCUT2D eigenvalue weighted by atomic mass is 32.2. The predicted octanol–water partition coefficient (Wildman–Crippen LogP) is 2.36. The number of carbonyl (C=O) groups is 1. The van der Waals surface area contributed by atoms with Crippen molar-refractivity contribution < 1.29 is 13.2 Å². The topological polar surface area (TPSA) is 78.5 Å². The first-order valence-electron chi connectivity index (χ1n) is 7.79. The van der Waals surface area contributed by atoms with Crippen molar-refractivity contribution in [1.29, 1.82) is 0 Å². The largest absolute Gasteiger partial charge is 0.378 e. The Morgan fingerprint density at radius 2 is 1.72 bits per heavy atom. The van der Waals surface area contributed by atoms with E-state index in [1.807, 2.05) is 43.3 Å². The molecule has 2 aromatic carbocycles. The average molecular weight is 361 g/mol. The summed E-state index contributed by atoms with van der Waals surface area (Å²) in [6.45, 7) is 2.12. The molecule has 2 N–H and O–H groups in total. The van der Waals surface area contributed by atoms with Gasteiger partial charge in [-0.1, -0.05) is 18.2 Å². The number of hydrogen-bond donors (Lipinski definition) is 2. The van der Waals surface area contributed by atoms with E-state index in [0.29, 0.717) is 23.4 Å². The second-order valence-corrected chi connectivity index (χ2v) is 7.84. The van der Waals surface area contributed by atoms with Crippen LogP contribution in [0.5, 0.6) is 0 Å². The normalized spacial score (nSPS) is 11.0. The van der Waals surface area contributed by atoms with Crippen LogP contribution in [0, 0.1) is 6.92 Å². The zero-order valence-corrected chi connectivity index (χ0v) is 15.6. The number of sulfonamides is 1. The molecule has 0 aliphatic rings. The van der Waals surface area contributed by atoms with Crippen molar-refractivity contribution in [2.75, 3.05) is 30.0 Å². The molecule has 0 aromatic heterocycles. The van der Waals surface area contributed by atoms with Gasteiger partial charge in [0, 0.05) is 31.9 Å². The summed E-state index contributed by atoms with van der Waals surface area (Å²) in [5.74, 6) is -0.244. The maximum absolute atomic E-state index is 12.4. The second kappa shape index (κ2) is 7.57. The van der Waals surface area contributed by atoms with Crippen LogP contribution in [-0.4, -0.2) is 34.7 Å². The lowest BCUT2D eigenvalue weighted by molar-refractivity contribution is 0.0950. The maximum Gasteiger partial charge on any atom is 0.251 e. The molecule has 0 fully saturated rings. The SMILES string of the molecule is Cc1c(NS(C)(=O)=O)cccc1C(=O)NCc1ccc(N(C)C)cc1. The highest BCUT2D eigenvalue weighted by Crippen LogP contribution is 2.20. The van der Waals surface area contributed by atoms with E-state index in [2.05, 4.69) is 10.0 Å². The van der Waals surface area contributed by atoms with Crippen molar-refractivity contribution in [3.8, 4) is 0 Å². The molecule has 2 aromatic rings. The molecule has 0 aliphatic carbocycles. The fraction of sp³-hybridized carbons (Fsp3) is 0.278. The summed E-state index contributed by atoms with van der Waals surface area (Å²) in [6.07, 6.45) is 1.08.